The molecule has 0 aliphatic heterocycles. The number of aryl methyl sites for hydroxylation is 2. The largest absolute Gasteiger partial charge is 0.490 e. The second-order valence-corrected chi connectivity index (χ2v) is 10.9. The van der Waals surface area contributed by atoms with Crippen molar-refractivity contribution in [1.82, 2.24) is 0 Å². The van der Waals surface area contributed by atoms with Gasteiger partial charge in [0.05, 0.1) is 12.2 Å². The maximum absolute atomic E-state index is 6.51. The molecule has 0 aliphatic rings. The SMILES string of the molecule is Cc1ccc2c(OC(C)C)c3ccccc3c(-c3c4ccccc4c(OC(C)C)c4ccc(C)cc34)c2c1. The van der Waals surface area contributed by atoms with E-state index in [-0.39, 0.29) is 12.2 Å². The fourth-order valence-electron chi connectivity index (χ4n) is 5.77. The lowest BCUT2D eigenvalue weighted by Gasteiger charge is -2.23. The molecule has 0 saturated heterocycles. The Morgan fingerprint density at radius 3 is 1.13 bits per heavy atom. The molecule has 0 atom stereocenters. The molecule has 0 spiro atoms. The lowest BCUT2D eigenvalue weighted by molar-refractivity contribution is 0.248. The van der Waals surface area contributed by atoms with Gasteiger partial charge in [-0.05, 0) is 74.2 Å². The maximum atomic E-state index is 6.51. The molecule has 0 N–H and O–H groups in total. The molecule has 190 valence electrons. The van der Waals surface area contributed by atoms with Gasteiger partial charge < -0.3 is 9.47 Å². The molecule has 6 aromatic rings. The predicted molar refractivity (Wildman–Crippen MR) is 163 cm³/mol. The summed E-state index contributed by atoms with van der Waals surface area (Å²) >= 11 is 0. The molecule has 0 fully saturated rings. The number of benzene rings is 6. The molecular formula is C36H34O2. The monoisotopic (exact) mass is 498 g/mol. The van der Waals surface area contributed by atoms with Gasteiger partial charge in [-0.25, -0.2) is 0 Å². The van der Waals surface area contributed by atoms with Gasteiger partial charge in [-0.1, -0.05) is 96.1 Å². The van der Waals surface area contributed by atoms with E-state index in [1.54, 1.807) is 0 Å². The Morgan fingerprint density at radius 2 is 0.763 bits per heavy atom. The van der Waals surface area contributed by atoms with E-state index in [0.29, 0.717) is 0 Å². The summed E-state index contributed by atoms with van der Waals surface area (Å²) in [6, 6.07) is 30.8. The zero-order valence-electron chi connectivity index (χ0n) is 23.1. The minimum Gasteiger partial charge on any atom is -0.490 e. The molecule has 0 unspecified atom stereocenters. The lowest BCUT2D eigenvalue weighted by atomic mass is 9.84. The van der Waals surface area contributed by atoms with E-state index in [9.17, 15) is 0 Å². The van der Waals surface area contributed by atoms with Gasteiger partial charge in [0.1, 0.15) is 11.5 Å². The first-order chi connectivity index (χ1) is 18.3. The summed E-state index contributed by atoms with van der Waals surface area (Å²) < 4.78 is 13.0. The summed E-state index contributed by atoms with van der Waals surface area (Å²) in [5.74, 6) is 1.91. The first-order valence-electron chi connectivity index (χ1n) is 13.6. The smallest absolute Gasteiger partial charge is 0.135 e. The van der Waals surface area contributed by atoms with Crippen molar-refractivity contribution < 1.29 is 9.47 Å². The fourth-order valence-corrected chi connectivity index (χ4v) is 5.77. The first-order valence-corrected chi connectivity index (χ1v) is 13.6. The number of hydrogen-bond acceptors (Lipinski definition) is 2. The van der Waals surface area contributed by atoms with Gasteiger partial charge in [-0.3, -0.25) is 0 Å². The van der Waals surface area contributed by atoms with E-state index in [4.69, 9.17) is 9.47 Å². The Bertz CT molecular complexity index is 1710. The van der Waals surface area contributed by atoms with E-state index in [1.165, 1.54) is 43.8 Å². The summed E-state index contributed by atoms with van der Waals surface area (Å²) in [6.07, 6.45) is 0.149. The van der Waals surface area contributed by atoms with Crippen LogP contribution in [0.2, 0.25) is 0 Å². The average Bonchev–Trinajstić information content (AvgIpc) is 2.89. The van der Waals surface area contributed by atoms with E-state index < -0.39 is 0 Å². The van der Waals surface area contributed by atoms with Crippen molar-refractivity contribution in [2.75, 3.05) is 0 Å². The highest BCUT2D eigenvalue weighted by atomic mass is 16.5. The van der Waals surface area contributed by atoms with Gasteiger partial charge >= 0.3 is 0 Å². The molecular weight excluding hydrogens is 464 g/mol. The van der Waals surface area contributed by atoms with E-state index in [1.807, 2.05) is 0 Å². The Hall–Kier alpha value is -4.04. The first kappa shape index (κ1) is 24.3. The fraction of sp³-hybridized carbons (Fsp3) is 0.222. The van der Waals surface area contributed by atoms with Gasteiger partial charge in [0.15, 0.2) is 0 Å². The zero-order chi connectivity index (χ0) is 26.6. The molecule has 0 amide bonds. The molecule has 38 heavy (non-hydrogen) atoms. The second kappa shape index (κ2) is 9.36. The average molecular weight is 499 g/mol. The lowest BCUT2D eigenvalue weighted by Crippen LogP contribution is -2.07. The van der Waals surface area contributed by atoms with Gasteiger partial charge in [-0.15, -0.1) is 0 Å². The van der Waals surface area contributed by atoms with Crippen LogP contribution in [0.4, 0.5) is 0 Å². The Balaban J connectivity index is 1.89. The van der Waals surface area contributed by atoms with E-state index >= 15 is 0 Å². The molecule has 0 radical (unpaired) electrons. The van der Waals surface area contributed by atoms with Crippen LogP contribution >= 0.6 is 0 Å². The van der Waals surface area contributed by atoms with Crippen molar-refractivity contribution in [2.45, 2.75) is 53.8 Å². The molecule has 0 aliphatic carbocycles. The molecule has 0 bridgehead atoms. The topological polar surface area (TPSA) is 18.5 Å². The van der Waals surface area contributed by atoms with Gasteiger partial charge in [-0.2, -0.15) is 0 Å². The quantitative estimate of drug-likeness (QED) is 0.220. The van der Waals surface area contributed by atoms with Crippen molar-refractivity contribution in [3.8, 4) is 22.6 Å². The molecule has 0 heterocycles. The summed E-state index contributed by atoms with van der Waals surface area (Å²) in [5.41, 5.74) is 4.96. The van der Waals surface area contributed by atoms with Crippen LogP contribution in [0.25, 0.3) is 54.2 Å². The van der Waals surface area contributed by atoms with Crippen LogP contribution in [-0.4, -0.2) is 12.2 Å². The van der Waals surface area contributed by atoms with Crippen LogP contribution in [0, 0.1) is 13.8 Å². The maximum Gasteiger partial charge on any atom is 0.135 e. The predicted octanol–water partition coefficient (Wildman–Crippen LogP) is 10.2. The van der Waals surface area contributed by atoms with Crippen LogP contribution in [0.5, 0.6) is 11.5 Å². The highest BCUT2D eigenvalue weighted by Crippen LogP contribution is 2.50. The molecule has 0 aromatic heterocycles. The van der Waals surface area contributed by atoms with Gasteiger partial charge in [0.25, 0.3) is 0 Å². The highest BCUT2D eigenvalue weighted by Gasteiger charge is 2.23. The second-order valence-electron chi connectivity index (χ2n) is 10.9. The summed E-state index contributed by atoms with van der Waals surface area (Å²) in [4.78, 5) is 0. The third-order valence-corrected chi connectivity index (χ3v) is 7.22. The van der Waals surface area contributed by atoms with Crippen molar-refractivity contribution >= 4 is 43.1 Å². The molecule has 2 heteroatoms. The molecule has 0 saturated carbocycles. The van der Waals surface area contributed by atoms with Crippen molar-refractivity contribution in [2.24, 2.45) is 0 Å². The number of ether oxygens (including phenoxy) is 2. The van der Waals surface area contributed by atoms with Crippen LogP contribution in [0.1, 0.15) is 38.8 Å². The highest BCUT2D eigenvalue weighted by molar-refractivity contribution is 6.26. The van der Waals surface area contributed by atoms with Crippen LogP contribution in [0.15, 0.2) is 84.9 Å². The van der Waals surface area contributed by atoms with Crippen molar-refractivity contribution in [1.29, 1.82) is 0 Å². The molecule has 2 nitrogen and oxygen atoms in total. The van der Waals surface area contributed by atoms with E-state index in [2.05, 4.69) is 126 Å². The molecule has 6 aromatic carbocycles. The molecule has 6 rings (SSSR count). The zero-order valence-corrected chi connectivity index (χ0v) is 23.1. The van der Waals surface area contributed by atoms with Crippen molar-refractivity contribution in [3.63, 3.8) is 0 Å². The van der Waals surface area contributed by atoms with Gasteiger partial charge in [0, 0.05) is 21.5 Å². The minimum atomic E-state index is 0.0746. The summed E-state index contributed by atoms with van der Waals surface area (Å²) in [6.45, 7) is 12.7. The summed E-state index contributed by atoms with van der Waals surface area (Å²) in [7, 11) is 0. The normalized spacial score (nSPS) is 11.9. The third-order valence-electron chi connectivity index (χ3n) is 7.22. The number of fused-ring (bicyclic) bond motifs is 4. The number of rotatable bonds is 5. The van der Waals surface area contributed by atoms with Crippen LogP contribution in [0.3, 0.4) is 0 Å². The Kier molecular flexibility index (Phi) is 5.99. The van der Waals surface area contributed by atoms with Crippen LogP contribution < -0.4 is 9.47 Å². The van der Waals surface area contributed by atoms with Crippen LogP contribution in [-0.2, 0) is 0 Å². The Labute approximate surface area is 224 Å². The Morgan fingerprint density at radius 1 is 0.421 bits per heavy atom. The standard InChI is InChI=1S/C36H34O2/c1-21(2)37-35-27-13-9-7-11-25(27)33(31-19-23(5)15-17-29(31)35)34-26-12-8-10-14-28(26)36(38-22(3)4)30-18-16-24(6)20-32(30)34/h7-22H,1-6H3. The number of hydrogen-bond donors (Lipinski definition) is 0. The van der Waals surface area contributed by atoms with E-state index in [0.717, 1.165) is 33.0 Å². The third kappa shape index (κ3) is 3.96. The van der Waals surface area contributed by atoms with Crippen molar-refractivity contribution in [3.05, 3.63) is 96.1 Å². The minimum absolute atomic E-state index is 0.0746. The van der Waals surface area contributed by atoms with Gasteiger partial charge in [0.2, 0.25) is 0 Å². The summed E-state index contributed by atoms with van der Waals surface area (Å²) in [5, 5.41) is 9.39.